The molecule has 26 heavy (non-hydrogen) atoms. The number of rotatable bonds is 7. The molecule has 0 fully saturated rings. The minimum atomic E-state index is -0.0821. The van der Waals surface area contributed by atoms with Crippen LogP contribution in [-0.4, -0.2) is 31.6 Å². The number of hydrogen-bond donors (Lipinski definition) is 0. The molecule has 0 N–H and O–H groups in total. The van der Waals surface area contributed by atoms with Gasteiger partial charge in [-0.05, 0) is 48.2 Å². The summed E-state index contributed by atoms with van der Waals surface area (Å²) < 4.78 is 12.1. The van der Waals surface area contributed by atoms with E-state index >= 15 is 0 Å². The van der Waals surface area contributed by atoms with E-state index in [4.69, 9.17) is 9.47 Å². The lowest BCUT2D eigenvalue weighted by atomic mass is 10.0. The molecule has 0 heterocycles. The van der Waals surface area contributed by atoms with Crippen molar-refractivity contribution in [3.63, 3.8) is 0 Å². The molecular weight excluding hydrogens is 394 g/mol. The molecule has 0 aliphatic rings. The largest absolute Gasteiger partial charge is 0.496 e. The van der Waals surface area contributed by atoms with E-state index in [-0.39, 0.29) is 12.5 Å². The number of ether oxygens (including phenoxy) is 2. The average Bonchev–Trinajstić information content (AvgIpc) is 2.60. The van der Waals surface area contributed by atoms with Gasteiger partial charge in [-0.15, -0.1) is 0 Å². The molecule has 0 aromatic heterocycles. The van der Waals surface area contributed by atoms with Gasteiger partial charge in [0.2, 0.25) is 0 Å². The summed E-state index contributed by atoms with van der Waals surface area (Å²) in [6.45, 7) is 6.72. The van der Waals surface area contributed by atoms with Gasteiger partial charge in [0, 0.05) is 23.6 Å². The molecule has 5 heteroatoms. The van der Waals surface area contributed by atoms with Gasteiger partial charge in [-0.25, -0.2) is 0 Å². The van der Waals surface area contributed by atoms with Crippen molar-refractivity contribution in [1.82, 2.24) is 4.90 Å². The van der Waals surface area contributed by atoms with Gasteiger partial charge < -0.3 is 14.4 Å². The Labute approximate surface area is 164 Å². The van der Waals surface area contributed by atoms with Gasteiger partial charge in [0.1, 0.15) is 11.5 Å². The molecule has 0 bridgehead atoms. The summed E-state index contributed by atoms with van der Waals surface area (Å²) in [7, 11) is 3.39. The van der Waals surface area contributed by atoms with Crippen LogP contribution in [0.3, 0.4) is 0 Å². The maximum atomic E-state index is 12.5. The molecule has 140 valence electrons. The van der Waals surface area contributed by atoms with Crippen molar-refractivity contribution in [1.29, 1.82) is 0 Å². The van der Waals surface area contributed by atoms with Gasteiger partial charge in [-0.2, -0.15) is 0 Å². The number of amides is 1. The standard InChI is InChI=1S/C21H26BrNO3/c1-14(2)16-7-6-15(3)20(11-16)26-13-21(24)23(4)12-17-10-18(22)8-9-19(17)25-5/h6-11,14H,12-13H2,1-5H3. The lowest BCUT2D eigenvalue weighted by Crippen LogP contribution is -2.31. The van der Waals surface area contributed by atoms with Crippen molar-refractivity contribution in [2.75, 3.05) is 20.8 Å². The van der Waals surface area contributed by atoms with E-state index in [1.807, 2.05) is 37.3 Å². The molecule has 0 atom stereocenters. The first-order chi connectivity index (χ1) is 12.3. The van der Waals surface area contributed by atoms with Crippen molar-refractivity contribution >= 4 is 21.8 Å². The third-order valence-electron chi connectivity index (χ3n) is 4.31. The number of carbonyl (C=O) groups is 1. The zero-order valence-electron chi connectivity index (χ0n) is 16.0. The molecule has 0 saturated heterocycles. The van der Waals surface area contributed by atoms with Crippen LogP contribution in [0.5, 0.6) is 11.5 Å². The normalized spacial score (nSPS) is 10.7. The molecule has 0 radical (unpaired) electrons. The highest BCUT2D eigenvalue weighted by molar-refractivity contribution is 9.10. The second kappa shape index (κ2) is 9.08. The van der Waals surface area contributed by atoms with E-state index in [1.165, 1.54) is 5.56 Å². The van der Waals surface area contributed by atoms with Crippen LogP contribution in [0, 0.1) is 6.92 Å². The fraction of sp³-hybridized carbons (Fsp3) is 0.381. The summed E-state index contributed by atoms with van der Waals surface area (Å²) in [4.78, 5) is 14.1. The molecule has 2 aromatic carbocycles. The van der Waals surface area contributed by atoms with Crippen LogP contribution in [0.25, 0.3) is 0 Å². The predicted octanol–water partition coefficient (Wildman–Crippen LogP) is 4.93. The quantitative estimate of drug-likeness (QED) is 0.638. The fourth-order valence-electron chi connectivity index (χ4n) is 2.60. The Morgan fingerprint density at radius 1 is 1.15 bits per heavy atom. The maximum Gasteiger partial charge on any atom is 0.260 e. The fourth-order valence-corrected chi connectivity index (χ4v) is 3.00. The maximum absolute atomic E-state index is 12.5. The first kappa shape index (κ1) is 20.3. The van der Waals surface area contributed by atoms with Crippen molar-refractivity contribution in [2.45, 2.75) is 33.2 Å². The van der Waals surface area contributed by atoms with E-state index in [0.717, 1.165) is 27.1 Å². The molecule has 0 aliphatic carbocycles. The zero-order valence-corrected chi connectivity index (χ0v) is 17.6. The summed E-state index contributed by atoms with van der Waals surface area (Å²) in [5, 5.41) is 0. The molecule has 0 unspecified atom stereocenters. The molecular formula is C21H26BrNO3. The van der Waals surface area contributed by atoms with Crippen molar-refractivity contribution in [3.05, 3.63) is 57.6 Å². The van der Waals surface area contributed by atoms with Crippen LogP contribution in [0.1, 0.15) is 36.5 Å². The highest BCUT2D eigenvalue weighted by Crippen LogP contribution is 2.25. The summed E-state index contributed by atoms with van der Waals surface area (Å²) in [5.74, 6) is 1.86. The van der Waals surface area contributed by atoms with Gasteiger partial charge in [-0.1, -0.05) is 41.9 Å². The van der Waals surface area contributed by atoms with Crippen LogP contribution < -0.4 is 9.47 Å². The highest BCUT2D eigenvalue weighted by Gasteiger charge is 2.14. The minimum Gasteiger partial charge on any atom is -0.496 e. The third-order valence-corrected chi connectivity index (χ3v) is 4.80. The Balaban J connectivity index is 2.02. The number of likely N-dealkylation sites (N-methyl/N-ethyl adjacent to an activating group) is 1. The first-order valence-corrected chi connectivity index (χ1v) is 9.40. The minimum absolute atomic E-state index is 0.00913. The van der Waals surface area contributed by atoms with E-state index in [2.05, 4.69) is 35.8 Å². The Bertz CT molecular complexity index is 774. The van der Waals surface area contributed by atoms with Crippen molar-refractivity contribution in [3.8, 4) is 11.5 Å². The van der Waals surface area contributed by atoms with Gasteiger partial charge in [0.25, 0.3) is 5.91 Å². The van der Waals surface area contributed by atoms with Crippen molar-refractivity contribution in [2.24, 2.45) is 0 Å². The number of methoxy groups -OCH3 is 1. The molecule has 0 spiro atoms. The number of aryl methyl sites for hydroxylation is 1. The van der Waals surface area contributed by atoms with Crippen LogP contribution >= 0.6 is 15.9 Å². The lowest BCUT2D eigenvalue weighted by molar-refractivity contribution is -0.132. The van der Waals surface area contributed by atoms with E-state index < -0.39 is 0 Å². The second-order valence-electron chi connectivity index (χ2n) is 6.67. The molecule has 1 amide bonds. The average molecular weight is 420 g/mol. The highest BCUT2D eigenvalue weighted by atomic mass is 79.9. The SMILES string of the molecule is COc1ccc(Br)cc1CN(C)C(=O)COc1cc(C(C)C)ccc1C. The molecule has 4 nitrogen and oxygen atoms in total. The van der Waals surface area contributed by atoms with Crippen LogP contribution in [0.2, 0.25) is 0 Å². The summed E-state index contributed by atoms with van der Waals surface area (Å²) in [6.07, 6.45) is 0. The zero-order chi connectivity index (χ0) is 19.3. The topological polar surface area (TPSA) is 38.8 Å². The second-order valence-corrected chi connectivity index (χ2v) is 7.59. The Hall–Kier alpha value is -2.01. The Morgan fingerprint density at radius 2 is 1.88 bits per heavy atom. The van der Waals surface area contributed by atoms with Gasteiger partial charge >= 0.3 is 0 Å². The smallest absolute Gasteiger partial charge is 0.260 e. The number of carbonyl (C=O) groups excluding carboxylic acids is 1. The van der Waals surface area contributed by atoms with Crippen molar-refractivity contribution < 1.29 is 14.3 Å². The summed E-state index contributed by atoms with van der Waals surface area (Å²) in [6, 6.07) is 11.9. The Morgan fingerprint density at radius 3 is 2.54 bits per heavy atom. The lowest BCUT2D eigenvalue weighted by Gasteiger charge is -2.20. The van der Waals surface area contributed by atoms with Gasteiger partial charge in [0.05, 0.1) is 7.11 Å². The first-order valence-electron chi connectivity index (χ1n) is 8.61. The van der Waals surface area contributed by atoms with Crippen LogP contribution in [-0.2, 0) is 11.3 Å². The van der Waals surface area contributed by atoms with E-state index in [1.54, 1.807) is 19.1 Å². The monoisotopic (exact) mass is 419 g/mol. The van der Waals surface area contributed by atoms with Gasteiger partial charge in [0.15, 0.2) is 6.61 Å². The number of benzene rings is 2. The molecule has 0 saturated carbocycles. The van der Waals surface area contributed by atoms with E-state index in [9.17, 15) is 4.79 Å². The number of halogens is 1. The van der Waals surface area contributed by atoms with Crippen LogP contribution in [0.15, 0.2) is 40.9 Å². The summed E-state index contributed by atoms with van der Waals surface area (Å²) in [5.41, 5.74) is 3.17. The van der Waals surface area contributed by atoms with E-state index in [0.29, 0.717) is 12.5 Å². The molecule has 2 aromatic rings. The van der Waals surface area contributed by atoms with Gasteiger partial charge in [-0.3, -0.25) is 4.79 Å². The Kier molecular flexibility index (Phi) is 7.09. The number of hydrogen-bond acceptors (Lipinski definition) is 3. The van der Waals surface area contributed by atoms with Crippen LogP contribution in [0.4, 0.5) is 0 Å². The third kappa shape index (κ3) is 5.24. The predicted molar refractivity (Wildman–Crippen MR) is 108 cm³/mol. The number of nitrogens with zero attached hydrogens (tertiary/aromatic N) is 1. The summed E-state index contributed by atoms with van der Waals surface area (Å²) >= 11 is 3.46. The molecule has 0 aliphatic heterocycles. The molecule has 2 rings (SSSR count).